The van der Waals surface area contributed by atoms with Crippen molar-refractivity contribution in [1.29, 1.82) is 0 Å². The highest BCUT2D eigenvalue weighted by Crippen LogP contribution is 2.38. The molecule has 0 saturated carbocycles. The van der Waals surface area contributed by atoms with Gasteiger partial charge in [-0.05, 0) is 59.1 Å². The van der Waals surface area contributed by atoms with E-state index in [1.807, 2.05) is 54.6 Å². The monoisotopic (exact) mass is 502 g/mol. The van der Waals surface area contributed by atoms with E-state index in [0.717, 1.165) is 17.5 Å². The van der Waals surface area contributed by atoms with Gasteiger partial charge in [0.25, 0.3) is 0 Å². The van der Waals surface area contributed by atoms with Crippen LogP contribution in [0, 0.1) is 0 Å². The Kier molecular flexibility index (Phi) is 8.75. The minimum absolute atomic E-state index is 0.0593. The summed E-state index contributed by atoms with van der Waals surface area (Å²) in [7, 11) is 0. The topological polar surface area (TPSA) is 114 Å². The summed E-state index contributed by atoms with van der Waals surface area (Å²) < 4.78 is 10.5. The van der Waals surface area contributed by atoms with Crippen molar-refractivity contribution in [2.45, 2.75) is 44.9 Å². The fraction of sp³-hybridized carbons (Fsp3) is 0.276. The van der Waals surface area contributed by atoms with Gasteiger partial charge in [0, 0.05) is 6.54 Å². The highest BCUT2D eigenvalue weighted by Gasteiger charge is 2.22. The quantitative estimate of drug-likeness (QED) is 0.248. The van der Waals surface area contributed by atoms with Crippen molar-refractivity contribution in [2.75, 3.05) is 6.54 Å². The van der Waals surface area contributed by atoms with Crippen molar-refractivity contribution in [3.63, 3.8) is 0 Å². The van der Waals surface area contributed by atoms with E-state index in [1.54, 1.807) is 0 Å². The summed E-state index contributed by atoms with van der Waals surface area (Å²) in [6.07, 6.45) is 0.754. The number of rotatable bonds is 11. The Balaban J connectivity index is 1.14. The van der Waals surface area contributed by atoms with Crippen LogP contribution in [-0.2, 0) is 33.9 Å². The van der Waals surface area contributed by atoms with E-state index in [9.17, 15) is 19.5 Å². The SMILES string of the molecule is O=C(NCCCC[C@H](NC(=O)OCc1ccccc1)C(=O)O)OCc1cccc2c1Cc1ccccc1-2. The molecule has 0 aromatic heterocycles. The Labute approximate surface area is 215 Å². The van der Waals surface area contributed by atoms with Crippen LogP contribution in [0.15, 0.2) is 72.8 Å². The highest BCUT2D eigenvalue weighted by molar-refractivity contribution is 5.80. The molecule has 0 saturated heterocycles. The van der Waals surface area contributed by atoms with E-state index in [-0.39, 0.29) is 19.6 Å². The summed E-state index contributed by atoms with van der Waals surface area (Å²) >= 11 is 0. The molecule has 8 heteroatoms. The van der Waals surface area contributed by atoms with Gasteiger partial charge in [-0.3, -0.25) is 0 Å². The second kappa shape index (κ2) is 12.6. The first-order valence-corrected chi connectivity index (χ1v) is 12.3. The second-order valence-electron chi connectivity index (χ2n) is 8.87. The molecular formula is C29H30N2O6. The molecule has 0 fully saturated rings. The van der Waals surface area contributed by atoms with Gasteiger partial charge in [-0.15, -0.1) is 0 Å². The number of fused-ring (bicyclic) bond motifs is 3. The number of amides is 2. The summed E-state index contributed by atoms with van der Waals surface area (Å²) in [6.45, 7) is 0.574. The summed E-state index contributed by atoms with van der Waals surface area (Å²) in [4.78, 5) is 35.6. The zero-order valence-corrected chi connectivity index (χ0v) is 20.4. The second-order valence-corrected chi connectivity index (χ2v) is 8.87. The fourth-order valence-electron chi connectivity index (χ4n) is 4.38. The molecule has 1 aliphatic rings. The van der Waals surface area contributed by atoms with Gasteiger partial charge in [0.1, 0.15) is 19.3 Å². The Hall–Kier alpha value is -4.33. The van der Waals surface area contributed by atoms with Gasteiger partial charge in [-0.1, -0.05) is 72.8 Å². The van der Waals surface area contributed by atoms with Crippen LogP contribution in [0.5, 0.6) is 0 Å². The third kappa shape index (κ3) is 7.10. The molecule has 0 radical (unpaired) electrons. The Morgan fingerprint density at radius 2 is 1.54 bits per heavy atom. The van der Waals surface area contributed by atoms with Crippen LogP contribution in [0.2, 0.25) is 0 Å². The number of aliphatic carboxylic acids is 1. The van der Waals surface area contributed by atoms with Crippen molar-refractivity contribution >= 4 is 18.2 Å². The van der Waals surface area contributed by atoms with Gasteiger partial charge >= 0.3 is 18.2 Å². The number of alkyl carbamates (subject to hydrolysis) is 2. The van der Waals surface area contributed by atoms with Crippen LogP contribution in [0.1, 0.15) is 41.5 Å². The standard InChI is InChI=1S/C29H30N2O6/c32-27(33)26(31-29(35)36-18-20-9-2-1-3-10-20)15-6-7-16-30-28(34)37-19-22-12-8-14-24-23-13-5-4-11-21(23)17-25(22)24/h1-5,8-14,26H,6-7,15-19H2,(H,30,34)(H,31,35)(H,32,33)/t26-/m0/s1. The maximum atomic E-state index is 12.2. The van der Waals surface area contributed by atoms with E-state index >= 15 is 0 Å². The van der Waals surface area contributed by atoms with Crippen LogP contribution in [-0.4, -0.2) is 35.8 Å². The summed E-state index contributed by atoms with van der Waals surface area (Å²) in [5.41, 5.74) is 6.66. The zero-order valence-electron chi connectivity index (χ0n) is 20.4. The Morgan fingerprint density at radius 3 is 2.35 bits per heavy atom. The molecule has 0 heterocycles. The lowest BCUT2D eigenvalue weighted by Gasteiger charge is -2.15. The van der Waals surface area contributed by atoms with E-state index in [1.165, 1.54) is 22.3 Å². The molecule has 8 nitrogen and oxygen atoms in total. The van der Waals surface area contributed by atoms with Gasteiger partial charge in [-0.2, -0.15) is 0 Å². The van der Waals surface area contributed by atoms with Gasteiger partial charge < -0.3 is 25.2 Å². The lowest BCUT2D eigenvalue weighted by atomic mass is 10.0. The predicted octanol–water partition coefficient (Wildman–Crippen LogP) is 5.03. The molecule has 1 aliphatic carbocycles. The molecule has 0 bridgehead atoms. The maximum Gasteiger partial charge on any atom is 0.408 e. The first kappa shape index (κ1) is 25.8. The van der Waals surface area contributed by atoms with Gasteiger partial charge in [0.05, 0.1) is 0 Å². The van der Waals surface area contributed by atoms with Gasteiger partial charge in [-0.25, -0.2) is 14.4 Å². The average Bonchev–Trinajstić information content (AvgIpc) is 3.30. The number of nitrogens with one attached hydrogen (secondary N) is 2. The normalized spacial score (nSPS) is 12.1. The fourth-order valence-corrected chi connectivity index (χ4v) is 4.38. The average molecular weight is 503 g/mol. The highest BCUT2D eigenvalue weighted by atomic mass is 16.6. The number of benzene rings is 3. The van der Waals surface area contributed by atoms with Crippen molar-refractivity contribution in [2.24, 2.45) is 0 Å². The van der Waals surface area contributed by atoms with Gasteiger partial charge in [0.2, 0.25) is 0 Å². The number of hydrogen-bond donors (Lipinski definition) is 3. The van der Waals surface area contributed by atoms with Crippen LogP contribution < -0.4 is 10.6 Å². The third-order valence-corrected chi connectivity index (χ3v) is 6.30. The van der Waals surface area contributed by atoms with Crippen molar-refractivity contribution in [3.05, 3.63) is 95.1 Å². The van der Waals surface area contributed by atoms with E-state index in [0.29, 0.717) is 19.4 Å². The van der Waals surface area contributed by atoms with Crippen molar-refractivity contribution in [3.8, 4) is 11.1 Å². The molecule has 3 aromatic carbocycles. The Bertz CT molecular complexity index is 1240. The molecular weight excluding hydrogens is 472 g/mol. The van der Waals surface area contributed by atoms with E-state index < -0.39 is 24.2 Å². The first-order valence-electron chi connectivity index (χ1n) is 12.3. The minimum Gasteiger partial charge on any atom is -0.480 e. The molecule has 37 heavy (non-hydrogen) atoms. The molecule has 0 aliphatic heterocycles. The molecule has 4 rings (SSSR count). The lowest BCUT2D eigenvalue weighted by molar-refractivity contribution is -0.139. The summed E-state index contributed by atoms with van der Waals surface area (Å²) in [6, 6.07) is 22.4. The summed E-state index contributed by atoms with van der Waals surface area (Å²) in [5.74, 6) is -1.14. The molecule has 1 atom stereocenters. The number of ether oxygens (including phenoxy) is 2. The Morgan fingerprint density at radius 1 is 0.811 bits per heavy atom. The number of carboxylic acid groups (broad SMARTS) is 1. The summed E-state index contributed by atoms with van der Waals surface area (Å²) in [5, 5.41) is 14.5. The molecule has 0 spiro atoms. The minimum atomic E-state index is -1.14. The molecule has 3 N–H and O–H groups in total. The number of carbonyl (C=O) groups excluding carboxylic acids is 2. The van der Waals surface area contributed by atoms with Crippen molar-refractivity contribution in [1.82, 2.24) is 10.6 Å². The molecule has 192 valence electrons. The first-order chi connectivity index (χ1) is 18.0. The largest absolute Gasteiger partial charge is 0.480 e. The van der Waals surface area contributed by atoms with Crippen LogP contribution in [0.4, 0.5) is 9.59 Å². The number of carbonyl (C=O) groups is 3. The van der Waals surface area contributed by atoms with E-state index in [4.69, 9.17) is 9.47 Å². The van der Waals surface area contributed by atoms with Crippen LogP contribution in [0.3, 0.4) is 0 Å². The molecule has 2 amide bonds. The number of unbranched alkanes of at least 4 members (excludes halogenated alkanes) is 1. The third-order valence-electron chi connectivity index (χ3n) is 6.30. The van der Waals surface area contributed by atoms with Gasteiger partial charge in [0.15, 0.2) is 0 Å². The van der Waals surface area contributed by atoms with Crippen LogP contribution >= 0.6 is 0 Å². The van der Waals surface area contributed by atoms with E-state index in [2.05, 4.69) is 28.8 Å². The molecule has 3 aromatic rings. The predicted molar refractivity (Wildman–Crippen MR) is 138 cm³/mol. The number of hydrogen-bond acceptors (Lipinski definition) is 5. The number of carboxylic acids is 1. The maximum absolute atomic E-state index is 12.2. The molecule has 0 unspecified atom stereocenters. The van der Waals surface area contributed by atoms with Crippen molar-refractivity contribution < 1.29 is 29.0 Å². The lowest BCUT2D eigenvalue weighted by Crippen LogP contribution is -2.41. The smallest absolute Gasteiger partial charge is 0.408 e. The van der Waals surface area contributed by atoms with Crippen LogP contribution in [0.25, 0.3) is 11.1 Å². The zero-order chi connectivity index (χ0) is 26.0.